The number of ether oxygens (including phenoxy) is 4. The quantitative estimate of drug-likeness (QED) is 0.407. The maximum atomic E-state index is 11.1. The van der Waals surface area contributed by atoms with Crippen LogP contribution in [0, 0.1) is 6.92 Å². The predicted octanol–water partition coefficient (Wildman–Crippen LogP) is 3.12. The second-order valence-electron chi connectivity index (χ2n) is 7.27. The van der Waals surface area contributed by atoms with Gasteiger partial charge in [-0.1, -0.05) is 30.3 Å². The Balaban J connectivity index is 0.000000257. The molecule has 3 N–H and O–H groups in total. The monoisotopic (exact) mass is 576 g/mol. The minimum absolute atomic E-state index is 0.217. The Bertz CT molecular complexity index is 864. The van der Waals surface area contributed by atoms with Crippen LogP contribution in [0.15, 0.2) is 42.5 Å². The number of rotatable bonds is 8. The third-order valence-electron chi connectivity index (χ3n) is 5.05. The van der Waals surface area contributed by atoms with Crippen molar-refractivity contribution in [1.29, 1.82) is 0 Å². The zero-order chi connectivity index (χ0) is 24.4. The lowest BCUT2D eigenvalue weighted by atomic mass is 10.0. The number of hydrogen-bond acceptors (Lipinski definition) is 8. The highest BCUT2D eigenvalue weighted by Gasteiger charge is 2.38. The molecule has 1 saturated heterocycles. The van der Waals surface area contributed by atoms with Gasteiger partial charge in [0.15, 0.2) is 17.8 Å². The molecule has 0 aromatic heterocycles. The van der Waals surface area contributed by atoms with Gasteiger partial charge in [0, 0.05) is 13.5 Å². The standard InChI is InChI=1S/C16H16O4.C7H13IO5/c1-11-8-15(14(19-2)9-13(11)16(17)18)20-10-12-6-4-3-5-7-12;1-11-6-2-4(13-8)7(10)5(3-9)12-6/h3-9H,10H2,1-2H3,(H,17,18);4-7,9-10H,2-3H2,1H3/t;4?,5?,6-,7-/m.0/s1. The van der Waals surface area contributed by atoms with Crippen LogP contribution in [0.25, 0.3) is 0 Å². The van der Waals surface area contributed by atoms with E-state index in [0.717, 1.165) is 5.56 Å². The summed E-state index contributed by atoms with van der Waals surface area (Å²) in [6.45, 7) is 1.90. The van der Waals surface area contributed by atoms with Crippen LogP contribution in [0.3, 0.4) is 0 Å². The summed E-state index contributed by atoms with van der Waals surface area (Å²) in [6, 6.07) is 12.9. The molecule has 2 aromatic carbocycles. The Morgan fingerprint density at radius 1 is 1.18 bits per heavy atom. The van der Waals surface area contributed by atoms with E-state index in [4.69, 9.17) is 32.2 Å². The third kappa shape index (κ3) is 7.80. The number of carboxylic acid groups (broad SMARTS) is 1. The Kier molecular flexibility index (Phi) is 11.3. The van der Waals surface area contributed by atoms with Crippen molar-refractivity contribution in [2.75, 3.05) is 20.8 Å². The van der Waals surface area contributed by atoms with E-state index in [-0.39, 0.29) is 18.3 Å². The van der Waals surface area contributed by atoms with Gasteiger partial charge in [0.2, 0.25) is 0 Å². The van der Waals surface area contributed by atoms with Gasteiger partial charge in [0.05, 0.1) is 19.3 Å². The first kappa shape index (κ1) is 27.3. The number of carbonyl (C=O) groups is 1. The van der Waals surface area contributed by atoms with Crippen LogP contribution in [-0.4, -0.2) is 66.7 Å². The molecule has 2 aromatic rings. The molecule has 1 aliphatic heterocycles. The lowest BCUT2D eigenvalue weighted by Gasteiger charge is -2.36. The first-order chi connectivity index (χ1) is 15.8. The molecule has 1 heterocycles. The second-order valence-corrected chi connectivity index (χ2v) is 7.78. The minimum Gasteiger partial charge on any atom is -0.493 e. The maximum absolute atomic E-state index is 11.1. The van der Waals surface area contributed by atoms with E-state index in [1.807, 2.05) is 30.3 Å². The Morgan fingerprint density at radius 3 is 2.42 bits per heavy atom. The van der Waals surface area contributed by atoms with Crippen molar-refractivity contribution in [2.45, 2.75) is 44.6 Å². The Labute approximate surface area is 206 Å². The molecule has 0 amide bonds. The van der Waals surface area contributed by atoms with Crippen molar-refractivity contribution in [2.24, 2.45) is 0 Å². The number of aliphatic hydroxyl groups is 2. The SMILES string of the molecule is CO[C@@H]1CC(OI)[C@H](O)C(CO)O1.COc1cc(C(=O)O)c(C)cc1OCc1ccccc1. The first-order valence-corrected chi connectivity index (χ1v) is 11.1. The molecule has 4 atom stereocenters. The highest BCUT2D eigenvalue weighted by molar-refractivity contribution is 14.1. The van der Waals surface area contributed by atoms with Crippen molar-refractivity contribution in [1.82, 2.24) is 0 Å². The van der Waals surface area contributed by atoms with E-state index >= 15 is 0 Å². The average molecular weight is 576 g/mol. The van der Waals surface area contributed by atoms with Gasteiger partial charge in [-0.25, -0.2) is 4.79 Å². The van der Waals surface area contributed by atoms with Crippen LogP contribution in [0.2, 0.25) is 0 Å². The lowest BCUT2D eigenvalue weighted by molar-refractivity contribution is -0.241. The van der Waals surface area contributed by atoms with Crippen molar-refractivity contribution >= 4 is 29.0 Å². The zero-order valence-corrected chi connectivity index (χ0v) is 20.8. The summed E-state index contributed by atoms with van der Waals surface area (Å²) in [6.07, 6.45) is -1.72. The molecular formula is C23H29IO9. The van der Waals surface area contributed by atoms with Gasteiger partial charge < -0.3 is 37.3 Å². The lowest BCUT2D eigenvalue weighted by Crippen LogP contribution is -2.50. The Hall–Kier alpha value is -1.96. The molecule has 33 heavy (non-hydrogen) atoms. The minimum atomic E-state index is -0.976. The fourth-order valence-electron chi connectivity index (χ4n) is 3.19. The topological polar surface area (TPSA) is 124 Å². The molecule has 9 nitrogen and oxygen atoms in total. The fraction of sp³-hybridized carbons (Fsp3) is 0.435. The molecule has 182 valence electrons. The van der Waals surface area contributed by atoms with E-state index in [1.165, 1.54) is 20.3 Å². The average Bonchev–Trinajstić information content (AvgIpc) is 2.83. The second kappa shape index (κ2) is 13.7. The van der Waals surface area contributed by atoms with Gasteiger partial charge >= 0.3 is 5.97 Å². The molecule has 1 fully saturated rings. The van der Waals surface area contributed by atoms with Crippen molar-refractivity contribution in [3.63, 3.8) is 0 Å². The summed E-state index contributed by atoms with van der Waals surface area (Å²) in [4.78, 5) is 11.1. The zero-order valence-electron chi connectivity index (χ0n) is 18.6. The predicted molar refractivity (Wildman–Crippen MR) is 128 cm³/mol. The number of halogens is 1. The van der Waals surface area contributed by atoms with Crippen LogP contribution in [0.4, 0.5) is 0 Å². The molecule has 10 heteroatoms. The number of benzene rings is 2. The number of methoxy groups -OCH3 is 2. The van der Waals surface area contributed by atoms with Crippen molar-refractivity contribution in [3.05, 3.63) is 59.2 Å². The summed E-state index contributed by atoms with van der Waals surface area (Å²) in [5.74, 6) is -0.0156. The normalized spacial score (nSPS) is 22.1. The van der Waals surface area contributed by atoms with E-state index in [9.17, 15) is 9.90 Å². The fourth-order valence-corrected chi connectivity index (χ4v) is 3.70. The highest BCUT2D eigenvalue weighted by Crippen LogP contribution is 2.31. The van der Waals surface area contributed by atoms with E-state index in [0.29, 0.717) is 30.1 Å². The van der Waals surface area contributed by atoms with E-state index < -0.39 is 24.5 Å². The largest absolute Gasteiger partial charge is 0.493 e. The summed E-state index contributed by atoms with van der Waals surface area (Å²) in [5, 5.41) is 27.5. The van der Waals surface area contributed by atoms with Gasteiger partial charge in [-0.2, -0.15) is 0 Å². The number of aryl methyl sites for hydroxylation is 1. The van der Waals surface area contributed by atoms with E-state index in [2.05, 4.69) is 0 Å². The van der Waals surface area contributed by atoms with Gasteiger partial charge in [-0.15, -0.1) is 0 Å². The summed E-state index contributed by atoms with van der Waals surface area (Å²) in [7, 11) is 3.01. The summed E-state index contributed by atoms with van der Waals surface area (Å²) >= 11 is 1.72. The molecule has 0 bridgehead atoms. The van der Waals surface area contributed by atoms with Crippen LogP contribution in [0.5, 0.6) is 11.5 Å². The smallest absolute Gasteiger partial charge is 0.336 e. The number of carboxylic acids is 1. The van der Waals surface area contributed by atoms with Gasteiger partial charge in [-0.05, 0) is 30.2 Å². The molecule has 0 saturated carbocycles. The van der Waals surface area contributed by atoms with Gasteiger partial charge in [0.25, 0.3) is 0 Å². The Morgan fingerprint density at radius 2 is 1.88 bits per heavy atom. The number of aromatic carboxylic acids is 1. The summed E-state index contributed by atoms with van der Waals surface area (Å²) in [5.41, 5.74) is 1.89. The molecule has 0 radical (unpaired) electrons. The molecular weight excluding hydrogens is 547 g/mol. The van der Waals surface area contributed by atoms with Gasteiger partial charge in [0.1, 0.15) is 47.9 Å². The van der Waals surface area contributed by atoms with Crippen LogP contribution in [-0.2, 0) is 19.1 Å². The first-order valence-electron chi connectivity index (χ1n) is 10.2. The number of aliphatic hydroxyl groups excluding tert-OH is 2. The molecule has 0 spiro atoms. The maximum Gasteiger partial charge on any atom is 0.336 e. The highest BCUT2D eigenvalue weighted by atomic mass is 127. The van der Waals surface area contributed by atoms with Crippen LogP contribution < -0.4 is 9.47 Å². The van der Waals surface area contributed by atoms with Crippen LogP contribution >= 0.6 is 23.0 Å². The molecule has 2 unspecified atom stereocenters. The van der Waals surface area contributed by atoms with Crippen LogP contribution in [0.1, 0.15) is 27.9 Å². The molecule has 0 aliphatic carbocycles. The number of hydrogen-bond donors (Lipinski definition) is 3. The molecule has 1 aliphatic rings. The van der Waals surface area contributed by atoms with Crippen molar-refractivity contribution < 1.29 is 42.1 Å². The molecule has 3 rings (SSSR count). The van der Waals surface area contributed by atoms with Crippen molar-refractivity contribution in [3.8, 4) is 11.5 Å². The van der Waals surface area contributed by atoms with E-state index in [1.54, 1.807) is 36.0 Å². The van der Waals surface area contributed by atoms with Gasteiger partial charge in [-0.3, -0.25) is 0 Å². The third-order valence-corrected chi connectivity index (χ3v) is 5.70. The summed E-state index contributed by atoms with van der Waals surface area (Å²) < 4.78 is 26.1.